The summed E-state index contributed by atoms with van der Waals surface area (Å²) in [6.07, 6.45) is -1.51. The van der Waals surface area contributed by atoms with Crippen molar-refractivity contribution in [3.63, 3.8) is 0 Å². The zero-order valence-corrected chi connectivity index (χ0v) is 10.7. The summed E-state index contributed by atoms with van der Waals surface area (Å²) in [6.45, 7) is -0.758. The molecule has 0 aliphatic heterocycles. The van der Waals surface area contributed by atoms with Gasteiger partial charge in [-0.1, -0.05) is 0 Å². The molecule has 0 aromatic heterocycles. The zero-order chi connectivity index (χ0) is 16.6. The van der Waals surface area contributed by atoms with Crippen LogP contribution in [0.3, 0.4) is 0 Å². The van der Waals surface area contributed by atoms with Crippen LogP contribution in [0, 0.1) is 0 Å². The second-order valence-corrected chi connectivity index (χ2v) is 3.97. The van der Waals surface area contributed by atoms with E-state index < -0.39 is 61.2 Å². The lowest BCUT2D eigenvalue weighted by Gasteiger charge is -2.18. The van der Waals surface area contributed by atoms with E-state index in [2.05, 4.69) is 0 Å². The van der Waals surface area contributed by atoms with E-state index in [0.717, 1.165) is 0 Å². The third-order valence-electron chi connectivity index (χ3n) is 2.16. The van der Waals surface area contributed by atoms with Crippen LogP contribution in [0.2, 0.25) is 0 Å². The van der Waals surface area contributed by atoms with Crippen molar-refractivity contribution in [3.05, 3.63) is 0 Å². The molecular formula is C10H15N3O8. The molecule has 0 aliphatic rings. The summed E-state index contributed by atoms with van der Waals surface area (Å²) >= 11 is 0. The van der Waals surface area contributed by atoms with Crippen molar-refractivity contribution in [3.8, 4) is 0 Å². The molecule has 0 unspecified atom stereocenters. The monoisotopic (exact) mass is 305 g/mol. The van der Waals surface area contributed by atoms with E-state index in [1.54, 1.807) is 0 Å². The van der Waals surface area contributed by atoms with E-state index in [-0.39, 0.29) is 0 Å². The normalized spacial score (nSPS) is 12.8. The molecule has 0 spiro atoms. The lowest BCUT2D eigenvalue weighted by atomic mass is 10.1. The molecule has 0 bridgehead atoms. The highest BCUT2D eigenvalue weighted by atomic mass is 16.4. The van der Waals surface area contributed by atoms with Crippen molar-refractivity contribution < 1.29 is 39.3 Å². The number of nitrogens with two attached hydrogens (primary N) is 1. The summed E-state index contributed by atoms with van der Waals surface area (Å²) in [4.78, 5) is 54.4. The highest BCUT2D eigenvalue weighted by Crippen LogP contribution is 1.96. The molecule has 0 aromatic rings. The van der Waals surface area contributed by atoms with Crippen LogP contribution in [-0.4, -0.2) is 63.7 Å². The SMILES string of the molecule is N[C@@H](CC(=O)O)C(=O)N[C@@H](CC(=O)O)C(=O)NCC(=O)O. The van der Waals surface area contributed by atoms with Gasteiger partial charge in [0.15, 0.2) is 0 Å². The van der Waals surface area contributed by atoms with Crippen molar-refractivity contribution in [2.45, 2.75) is 24.9 Å². The Morgan fingerprint density at radius 2 is 1.38 bits per heavy atom. The van der Waals surface area contributed by atoms with E-state index in [0.29, 0.717) is 0 Å². The largest absolute Gasteiger partial charge is 0.481 e. The Morgan fingerprint density at radius 3 is 1.81 bits per heavy atom. The van der Waals surface area contributed by atoms with Crippen molar-refractivity contribution in [1.29, 1.82) is 0 Å². The zero-order valence-electron chi connectivity index (χ0n) is 10.7. The van der Waals surface area contributed by atoms with Gasteiger partial charge in [0.1, 0.15) is 12.6 Å². The van der Waals surface area contributed by atoms with Crippen LogP contribution in [-0.2, 0) is 24.0 Å². The maximum absolute atomic E-state index is 11.6. The molecule has 2 amide bonds. The molecule has 21 heavy (non-hydrogen) atoms. The Morgan fingerprint density at radius 1 is 0.857 bits per heavy atom. The number of aliphatic carboxylic acids is 3. The number of carbonyl (C=O) groups is 5. The Bertz CT molecular complexity index is 450. The molecule has 0 fully saturated rings. The van der Waals surface area contributed by atoms with Crippen LogP contribution >= 0.6 is 0 Å². The summed E-state index contributed by atoms with van der Waals surface area (Å²) in [5.41, 5.74) is 5.25. The standard InChI is InChI=1S/C10H15N3O8/c11-4(1-6(14)15)9(20)13-5(2-7(16)17)10(21)12-3-8(18)19/h4-5H,1-3,11H2,(H,12,21)(H,13,20)(H,14,15)(H,16,17)(H,18,19)/t4-,5-/m0/s1. The summed E-state index contributed by atoms with van der Waals surface area (Å²) in [5.74, 6) is -6.18. The van der Waals surface area contributed by atoms with Crippen molar-refractivity contribution >= 4 is 29.7 Å². The smallest absolute Gasteiger partial charge is 0.322 e. The van der Waals surface area contributed by atoms with Gasteiger partial charge >= 0.3 is 17.9 Å². The van der Waals surface area contributed by atoms with Crippen molar-refractivity contribution in [2.24, 2.45) is 5.73 Å². The number of carbonyl (C=O) groups excluding carboxylic acids is 2. The maximum atomic E-state index is 11.6. The van der Waals surface area contributed by atoms with Crippen LogP contribution in [0.4, 0.5) is 0 Å². The minimum atomic E-state index is -1.56. The maximum Gasteiger partial charge on any atom is 0.322 e. The molecule has 0 radical (unpaired) electrons. The predicted molar refractivity (Wildman–Crippen MR) is 65.1 cm³/mol. The van der Waals surface area contributed by atoms with E-state index in [9.17, 15) is 24.0 Å². The van der Waals surface area contributed by atoms with Gasteiger partial charge in [-0.3, -0.25) is 24.0 Å². The Kier molecular flexibility index (Phi) is 7.39. The van der Waals surface area contributed by atoms with Crippen LogP contribution in [0.15, 0.2) is 0 Å². The topological polar surface area (TPSA) is 196 Å². The molecule has 11 nitrogen and oxygen atoms in total. The molecule has 0 aliphatic carbocycles. The van der Waals surface area contributed by atoms with Crippen LogP contribution in [0.1, 0.15) is 12.8 Å². The highest BCUT2D eigenvalue weighted by Gasteiger charge is 2.27. The second-order valence-electron chi connectivity index (χ2n) is 3.97. The lowest BCUT2D eigenvalue weighted by molar-refractivity contribution is -0.142. The molecule has 2 atom stereocenters. The first-order chi connectivity index (χ1) is 9.63. The summed E-state index contributed by atoms with van der Waals surface area (Å²) in [6, 6.07) is -3.03. The van der Waals surface area contributed by atoms with E-state index in [1.165, 1.54) is 0 Å². The summed E-state index contributed by atoms with van der Waals surface area (Å²) in [7, 11) is 0. The van der Waals surface area contributed by atoms with Crippen molar-refractivity contribution in [1.82, 2.24) is 10.6 Å². The Hall–Kier alpha value is -2.69. The lowest BCUT2D eigenvalue weighted by Crippen LogP contribution is -2.53. The van der Waals surface area contributed by atoms with Crippen molar-refractivity contribution in [2.75, 3.05) is 6.54 Å². The van der Waals surface area contributed by atoms with Crippen LogP contribution in [0.5, 0.6) is 0 Å². The molecule has 0 saturated heterocycles. The fourth-order valence-electron chi connectivity index (χ4n) is 1.23. The van der Waals surface area contributed by atoms with Gasteiger partial charge in [0, 0.05) is 0 Å². The first-order valence-corrected chi connectivity index (χ1v) is 5.62. The number of rotatable bonds is 9. The van der Waals surface area contributed by atoms with Crippen LogP contribution < -0.4 is 16.4 Å². The summed E-state index contributed by atoms with van der Waals surface area (Å²) < 4.78 is 0. The highest BCUT2D eigenvalue weighted by molar-refractivity contribution is 5.94. The average molecular weight is 305 g/mol. The Balaban J connectivity index is 4.71. The van der Waals surface area contributed by atoms with Gasteiger partial charge in [-0.05, 0) is 0 Å². The number of nitrogens with one attached hydrogen (secondary N) is 2. The number of hydrogen-bond donors (Lipinski definition) is 6. The average Bonchev–Trinajstić information content (AvgIpc) is 2.33. The fraction of sp³-hybridized carbons (Fsp3) is 0.500. The number of hydrogen-bond acceptors (Lipinski definition) is 6. The third kappa shape index (κ3) is 8.15. The third-order valence-corrected chi connectivity index (χ3v) is 2.16. The van der Waals surface area contributed by atoms with Gasteiger partial charge in [0.05, 0.1) is 18.9 Å². The Labute approximate surface area is 118 Å². The first-order valence-electron chi connectivity index (χ1n) is 5.62. The molecule has 7 N–H and O–H groups in total. The van der Waals surface area contributed by atoms with Gasteiger partial charge in [-0.25, -0.2) is 0 Å². The van der Waals surface area contributed by atoms with Gasteiger partial charge in [-0.15, -0.1) is 0 Å². The number of carboxylic acids is 3. The van der Waals surface area contributed by atoms with E-state index >= 15 is 0 Å². The van der Waals surface area contributed by atoms with Gasteiger partial charge in [-0.2, -0.15) is 0 Å². The number of amides is 2. The first kappa shape index (κ1) is 18.3. The van der Waals surface area contributed by atoms with Gasteiger partial charge in [0.2, 0.25) is 11.8 Å². The molecule has 118 valence electrons. The number of carboxylic acid groups (broad SMARTS) is 3. The van der Waals surface area contributed by atoms with E-state index in [4.69, 9.17) is 21.1 Å². The van der Waals surface area contributed by atoms with Crippen LogP contribution in [0.25, 0.3) is 0 Å². The molecule has 0 heterocycles. The molecule has 11 heteroatoms. The predicted octanol–water partition coefficient (Wildman–Crippen LogP) is -3.05. The molecule has 0 saturated carbocycles. The summed E-state index contributed by atoms with van der Waals surface area (Å²) in [5, 5.41) is 29.4. The van der Waals surface area contributed by atoms with Gasteiger partial charge < -0.3 is 31.7 Å². The fourth-order valence-corrected chi connectivity index (χ4v) is 1.23. The minimum absolute atomic E-state index is 0.706. The van der Waals surface area contributed by atoms with E-state index in [1.807, 2.05) is 10.6 Å². The molecule has 0 aromatic carbocycles. The second kappa shape index (κ2) is 8.47. The minimum Gasteiger partial charge on any atom is -0.481 e. The molecule has 0 rings (SSSR count). The molecular weight excluding hydrogens is 290 g/mol. The quantitative estimate of drug-likeness (QED) is 0.256. The van der Waals surface area contributed by atoms with Gasteiger partial charge in [0.25, 0.3) is 0 Å².